The smallest absolute Gasteiger partial charge is 0.172 e. The molecule has 27 heavy (non-hydrogen) atoms. The highest BCUT2D eigenvalue weighted by Gasteiger charge is 2.26. The number of hydrogen-bond acceptors (Lipinski definition) is 7. The topological polar surface area (TPSA) is 73.5 Å². The van der Waals surface area contributed by atoms with E-state index in [1.54, 1.807) is 12.4 Å². The van der Waals surface area contributed by atoms with E-state index in [4.69, 9.17) is 0 Å². The number of hydrogen-bond donors (Lipinski definition) is 1. The van der Waals surface area contributed by atoms with Crippen LogP contribution in [0.1, 0.15) is 18.4 Å². The summed E-state index contributed by atoms with van der Waals surface area (Å²) in [5.74, 6) is 2.42. The molecule has 4 rings (SSSR count). The van der Waals surface area contributed by atoms with Crippen LogP contribution >= 0.6 is 0 Å². The lowest BCUT2D eigenvalue weighted by atomic mass is 9.98. The number of aromatic nitrogens is 4. The quantitative estimate of drug-likeness (QED) is 0.831. The van der Waals surface area contributed by atoms with Crippen LogP contribution in [-0.4, -0.2) is 75.6 Å². The summed E-state index contributed by atoms with van der Waals surface area (Å²) in [6, 6.07) is 0. The molecule has 8 nitrogen and oxygen atoms in total. The van der Waals surface area contributed by atoms with E-state index in [1.165, 1.54) is 5.56 Å². The summed E-state index contributed by atoms with van der Waals surface area (Å²) in [7, 11) is 1.96. The normalized spacial score (nSPS) is 19.6. The highest BCUT2D eigenvalue weighted by atomic mass is 16.3. The van der Waals surface area contributed by atoms with E-state index in [2.05, 4.69) is 36.0 Å². The lowest BCUT2D eigenvalue weighted by molar-refractivity contribution is 0.202. The van der Waals surface area contributed by atoms with Gasteiger partial charge in [0.2, 0.25) is 0 Å². The number of rotatable bonds is 5. The molecule has 2 aliphatic rings. The Kier molecular flexibility index (Phi) is 5.54. The summed E-state index contributed by atoms with van der Waals surface area (Å²) < 4.78 is 1.86. The summed E-state index contributed by atoms with van der Waals surface area (Å²) in [5, 5.41) is 13.6. The van der Waals surface area contributed by atoms with Crippen molar-refractivity contribution >= 4 is 11.6 Å². The third kappa shape index (κ3) is 4.22. The second kappa shape index (κ2) is 8.22. The molecule has 2 aromatic heterocycles. The number of aliphatic hydroxyl groups excluding tert-OH is 1. The third-order valence-corrected chi connectivity index (χ3v) is 5.67. The molecule has 2 fully saturated rings. The summed E-state index contributed by atoms with van der Waals surface area (Å²) in [5.41, 5.74) is 1.26. The molecular formula is C19H29N7O. The van der Waals surface area contributed by atoms with Crippen molar-refractivity contribution in [1.82, 2.24) is 24.6 Å². The molecule has 8 heteroatoms. The SMILES string of the molecule is Cn1cc(CN2CCN(c3nccnc3N3CCC(CO)CC3)CC2)cn1. The van der Waals surface area contributed by atoms with Gasteiger partial charge >= 0.3 is 0 Å². The third-order valence-electron chi connectivity index (χ3n) is 5.67. The van der Waals surface area contributed by atoms with Crippen molar-refractivity contribution in [3.05, 3.63) is 30.4 Å². The van der Waals surface area contributed by atoms with Crippen molar-refractivity contribution in [2.24, 2.45) is 13.0 Å². The number of nitrogens with zero attached hydrogens (tertiary/aromatic N) is 7. The summed E-state index contributed by atoms with van der Waals surface area (Å²) in [6.07, 6.45) is 9.65. The average Bonchev–Trinajstić information content (AvgIpc) is 3.13. The highest BCUT2D eigenvalue weighted by molar-refractivity contribution is 5.62. The van der Waals surface area contributed by atoms with Gasteiger partial charge in [-0.1, -0.05) is 0 Å². The maximum atomic E-state index is 9.37. The van der Waals surface area contributed by atoms with Crippen molar-refractivity contribution < 1.29 is 5.11 Å². The molecule has 0 amide bonds. The molecule has 0 unspecified atom stereocenters. The number of aryl methyl sites for hydroxylation is 1. The first-order chi connectivity index (χ1) is 13.2. The molecule has 2 saturated heterocycles. The van der Waals surface area contributed by atoms with Crippen LogP contribution in [0.5, 0.6) is 0 Å². The highest BCUT2D eigenvalue weighted by Crippen LogP contribution is 2.29. The zero-order chi connectivity index (χ0) is 18.6. The van der Waals surface area contributed by atoms with E-state index in [-0.39, 0.29) is 0 Å². The number of anilines is 2. The molecule has 0 atom stereocenters. The average molecular weight is 371 g/mol. The molecule has 0 aliphatic carbocycles. The number of piperazine rings is 1. The first kappa shape index (κ1) is 18.2. The molecule has 0 spiro atoms. The van der Waals surface area contributed by atoms with Gasteiger partial charge in [-0.05, 0) is 18.8 Å². The lowest BCUT2D eigenvalue weighted by Crippen LogP contribution is -2.47. The molecule has 4 heterocycles. The van der Waals surface area contributed by atoms with Gasteiger partial charge in [0.1, 0.15) is 0 Å². The predicted octanol–water partition coefficient (Wildman–Crippen LogP) is 0.741. The fraction of sp³-hybridized carbons (Fsp3) is 0.632. The van der Waals surface area contributed by atoms with Crippen LogP contribution in [-0.2, 0) is 13.6 Å². The standard InChI is InChI=1S/C19H29N7O/c1-23-13-17(12-22-23)14-24-8-10-26(11-9-24)19-18(20-4-5-21-19)25-6-2-16(15-27)3-7-25/h4-5,12-13,16,27H,2-3,6-11,14-15H2,1H3. The second-order valence-corrected chi connectivity index (χ2v) is 7.60. The van der Waals surface area contributed by atoms with Crippen molar-refractivity contribution in [3.8, 4) is 0 Å². The van der Waals surface area contributed by atoms with Gasteiger partial charge in [0.05, 0.1) is 6.20 Å². The first-order valence-electron chi connectivity index (χ1n) is 9.84. The molecule has 2 aromatic rings. The van der Waals surface area contributed by atoms with Crippen LogP contribution in [0.25, 0.3) is 0 Å². The predicted molar refractivity (Wildman–Crippen MR) is 105 cm³/mol. The van der Waals surface area contributed by atoms with E-state index in [0.29, 0.717) is 12.5 Å². The van der Waals surface area contributed by atoms with E-state index >= 15 is 0 Å². The molecule has 0 bridgehead atoms. The molecule has 0 saturated carbocycles. The fourth-order valence-electron chi connectivity index (χ4n) is 4.03. The maximum absolute atomic E-state index is 9.37. The molecule has 0 aromatic carbocycles. The largest absolute Gasteiger partial charge is 0.396 e. The van der Waals surface area contributed by atoms with Crippen LogP contribution in [0.15, 0.2) is 24.8 Å². The van der Waals surface area contributed by atoms with Gasteiger partial charge < -0.3 is 14.9 Å². The molecule has 1 N–H and O–H groups in total. The summed E-state index contributed by atoms with van der Waals surface area (Å²) in [6.45, 7) is 7.06. The van der Waals surface area contributed by atoms with Crippen LogP contribution in [0, 0.1) is 5.92 Å². The van der Waals surface area contributed by atoms with Gasteiger partial charge in [-0.2, -0.15) is 5.10 Å². The molecule has 2 aliphatic heterocycles. The molecular weight excluding hydrogens is 342 g/mol. The Morgan fingerprint density at radius 3 is 2.15 bits per heavy atom. The Morgan fingerprint density at radius 1 is 0.963 bits per heavy atom. The lowest BCUT2D eigenvalue weighted by Gasteiger charge is -2.38. The van der Waals surface area contributed by atoms with Gasteiger partial charge in [0, 0.05) is 83.6 Å². The van der Waals surface area contributed by atoms with Gasteiger partial charge in [0.15, 0.2) is 11.6 Å². The van der Waals surface area contributed by atoms with Crippen LogP contribution in [0.3, 0.4) is 0 Å². The van der Waals surface area contributed by atoms with Crippen molar-refractivity contribution in [2.75, 3.05) is 55.7 Å². The van der Waals surface area contributed by atoms with Gasteiger partial charge in [-0.3, -0.25) is 9.58 Å². The molecule has 146 valence electrons. The fourth-order valence-corrected chi connectivity index (χ4v) is 4.03. The monoisotopic (exact) mass is 371 g/mol. The zero-order valence-electron chi connectivity index (χ0n) is 16.0. The van der Waals surface area contributed by atoms with Gasteiger partial charge in [-0.15, -0.1) is 0 Å². The maximum Gasteiger partial charge on any atom is 0.172 e. The minimum Gasteiger partial charge on any atom is -0.396 e. The van der Waals surface area contributed by atoms with Crippen molar-refractivity contribution in [3.63, 3.8) is 0 Å². The molecule has 0 radical (unpaired) electrons. The number of piperidine rings is 1. The van der Waals surface area contributed by atoms with E-state index in [1.807, 2.05) is 17.9 Å². The Morgan fingerprint density at radius 2 is 1.59 bits per heavy atom. The van der Waals surface area contributed by atoms with Crippen molar-refractivity contribution in [1.29, 1.82) is 0 Å². The van der Waals surface area contributed by atoms with Crippen LogP contribution in [0.4, 0.5) is 11.6 Å². The number of aliphatic hydroxyl groups is 1. The Labute approximate surface area is 160 Å². The van der Waals surface area contributed by atoms with E-state index < -0.39 is 0 Å². The summed E-state index contributed by atoms with van der Waals surface area (Å²) >= 11 is 0. The summed E-state index contributed by atoms with van der Waals surface area (Å²) in [4.78, 5) is 16.5. The Bertz CT molecular complexity index is 733. The second-order valence-electron chi connectivity index (χ2n) is 7.60. The van der Waals surface area contributed by atoms with Crippen LogP contribution in [0.2, 0.25) is 0 Å². The van der Waals surface area contributed by atoms with Gasteiger partial charge in [-0.25, -0.2) is 9.97 Å². The zero-order valence-corrected chi connectivity index (χ0v) is 16.0. The van der Waals surface area contributed by atoms with E-state index in [9.17, 15) is 5.11 Å². The Hall–Kier alpha value is -2.19. The van der Waals surface area contributed by atoms with E-state index in [0.717, 1.165) is 70.3 Å². The minimum atomic E-state index is 0.292. The van der Waals surface area contributed by atoms with Crippen LogP contribution < -0.4 is 9.80 Å². The van der Waals surface area contributed by atoms with Gasteiger partial charge in [0.25, 0.3) is 0 Å². The Balaban J connectivity index is 1.38. The van der Waals surface area contributed by atoms with Crippen molar-refractivity contribution in [2.45, 2.75) is 19.4 Å². The minimum absolute atomic E-state index is 0.292. The first-order valence-corrected chi connectivity index (χ1v) is 9.84.